The van der Waals surface area contributed by atoms with Crippen LogP contribution in [0.15, 0.2) is 48.0 Å². The number of nitriles is 1. The fourth-order valence-corrected chi connectivity index (χ4v) is 3.12. The van der Waals surface area contributed by atoms with Crippen molar-refractivity contribution >= 4 is 17.7 Å². The van der Waals surface area contributed by atoms with Crippen LogP contribution in [0.4, 0.5) is 5.69 Å². The van der Waals surface area contributed by atoms with E-state index >= 15 is 0 Å². The van der Waals surface area contributed by atoms with Gasteiger partial charge in [0.1, 0.15) is 17.4 Å². The van der Waals surface area contributed by atoms with Crippen molar-refractivity contribution < 1.29 is 9.53 Å². The Balaban J connectivity index is 1.90. The van der Waals surface area contributed by atoms with E-state index in [9.17, 15) is 10.1 Å². The number of aryl methyl sites for hydroxylation is 1. The number of rotatable bonds is 11. The Morgan fingerprint density at radius 1 is 1.03 bits per heavy atom. The van der Waals surface area contributed by atoms with Gasteiger partial charge in [0, 0.05) is 5.69 Å². The highest BCUT2D eigenvalue weighted by atomic mass is 16.5. The van der Waals surface area contributed by atoms with E-state index in [1.165, 1.54) is 32.1 Å². The van der Waals surface area contributed by atoms with Crippen molar-refractivity contribution in [1.82, 2.24) is 0 Å². The lowest BCUT2D eigenvalue weighted by Gasteiger charge is -2.10. The number of carbonyl (C=O) groups excluding carboxylic acids is 1. The van der Waals surface area contributed by atoms with Crippen LogP contribution in [0.3, 0.4) is 0 Å². The van der Waals surface area contributed by atoms with Gasteiger partial charge in [0.25, 0.3) is 5.91 Å². The van der Waals surface area contributed by atoms with Crippen molar-refractivity contribution in [3.8, 4) is 11.8 Å². The molecule has 0 bridgehead atoms. The van der Waals surface area contributed by atoms with E-state index in [-0.39, 0.29) is 5.57 Å². The van der Waals surface area contributed by atoms with Gasteiger partial charge in [0.2, 0.25) is 0 Å². The molecule has 0 aromatic heterocycles. The lowest BCUT2D eigenvalue weighted by molar-refractivity contribution is -0.112. The Bertz CT molecular complexity index is 892. The van der Waals surface area contributed by atoms with Gasteiger partial charge >= 0.3 is 0 Å². The SMILES string of the molecule is CCCCCCCCOc1ccc(/C=C(/C#N)C(=O)Nc2cccc(C)c2C)cc1. The van der Waals surface area contributed by atoms with Crippen LogP contribution in [0.25, 0.3) is 6.08 Å². The van der Waals surface area contributed by atoms with Gasteiger partial charge in [-0.05, 0) is 61.2 Å². The average Bonchev–Trinajstić information content (AvgIpc) is 2.75. The van der Waals surface area contributed by atoms with E-state index in [4.69, 9.17) is 4.74 Å². The molecule has 0 saturated heterocycles. The maximum atomic E-state index is 12.5. The Hall–Kier alpha value is -3.06. The standard InChI is InChI=1S/C26H32N2O2/c1-4-5-6-7-8-9-17-30-24-15-13-22(14-16-24)18-23(19-27)26(29)28-25-12-10-11-20(2)21(25)3/h10-16,18H,4-9,17H2,1-3H3,(H,28,29)/b23-18-. The second-order valence-corrected chi connectivity index (χ2v) is 7.56. The van der Waals surface area contributed by atoms with E-state index in [1.807, 2.05) is 62.4 Å². The molecular weight excluding hydrogens is 372 g/mol. The fourth-order valence-electron chi connectivity index (χ4n) is 3.12. The summed E-state index contributed by atoms with van der Waals surface area (Å²) in [6.07, 6.45) is 8.99. The van der Waals surface area contributed by atoms with Gasteiger partial charge in [-0.2, -0.15) is 5.26 Å². The van der Waals surface area contributed by atoms with Crippen molar-refractivity contribution in [3.05, 3.63) is 64.7 Å². The highest BCUT2D eigenvalue weighted by molar-refractivity contribution is 6.10. The Labute approximate surface area is 180 Å². The minimum absolute atomic E-state index is 0.0663. The molecule has 2 aromatic carbocycles. The van der Waals surface area contributed by atoms with Crippen LogP contribution in [0.5, 0.6) is 5.75 Å². The van der Waals surface area contributed by atoms with E-state index < -0.39 is 5.91 Å². The van der Waals surface area contributed by atoms with E-state index in [1.54, 1.807) is 6.08 Å². The number of hydrogen-bond acceptors (Lipinski definition) is 3. The molecule has 4 heteroatoms. The first-order valence-electron chi connectivity index (χ1n) is 10.8. The summed E-state index contributed by atoms with van der Waals surface area (Å²) in [5.74, 6) is 0.397. The third-order valence-corrected chi connectivity index (χ3v) is 5.18. The minimum Gasteiger partial charge on any atom is -0.494 e. The third kappa shape index (κ3) is 7.40. The van der Waals surface area contributed by atoms with Crippen molar-refractivity contribution in [3.63, 3.8) is 0 Å². The Morgan fingerprint density at radius 3 is 2.43 bits per heavy atom. The quantitative estimate of drug-likeness (QED) is 0.261. The number of unbranched alkanes of at least 4 members (excludes halogenated alkanes) is 5. The highest BCUT2D eigenvalue weighted by Crippen LogP contribution is 2.20. The summed E-state index contributed by atoms with van der Waals surface area (Å²) < 4.78 is 5.78. The predicted octanol–water partition coefficient (Wildman–Crippen LogP) is 6.59. The lowest BCUT2D eigenvalue weighted by Crippen LogP contribution is -2.14. The summed E-state index contributed by atoms with van der Waals surface area (Å²) >= 11 is 0. The second-order valence-electron chi connectivity index (χ2n) is 7.56. The monoisotopic (exact) mass is 404 g/mol. The van der Waals surface area contributed by atoms with Crippen LogP contribution in [0.1, 0.15) is 62.1 Å². The second kappa shape index (κ2) is 12.5. The summed E-state index contributed by atoms with van der Waals surface area (Å²) in [7, 11) is 0. The minimum atomic E-state index is -0.408. The van der Waals surface area contributed by atoms with Gasteiger partial charge in [-0.25, -0.2) is 0 Å². The van der Waals surface area contributed by atoms with Gasteiger partial charge < -0.3 is 10.1 Å². The molecule has 0 atom stereocenters. The molecule has 0 radical (unpaired) electrons. The van der Waals surface area contributed by atoms with Crippen LogP contribution < -0.4 is 10.1 Å². The molecule has 0 aliphatic rings. The Kier molecular flexibility index (Phi) is 9.67. The summed E-state index contributed by atoms with van der Waals surface area (Å²) in [6.45, 7) is 6.87. The zero-order chi connectivity index (χ0) is 21.8. The van der Waals surface area contributed by atoms with E-state index in [0.29, 0.717) is 6.61 Å². The topological polar surface area (TPSA) is 62.1 Å². The lowest BCUT2D eigenvalue weighted by atomic mass is 10.1. The van der Waals surface area contributed by atoms with Crippen LogP contribution in [0.2, 0.25) is 0 Å². The summed E-state index contributed by atoms with van der Waals surface area (Å²) in [5, 5.41) is 12.3. The van der Waals surface area contributed by atoms with Crippen molar-refractivity contribution in [2.24, 2.45) is 0 Å². The molecule has 30 heavy (non-hydrogen) atoms. The van der Waals surface area contributed by atoms with Gasteiger partial charge in [-0.3, -0.25) is 4.79 Å². The van der Waals surface area contributed by atoms with Crippen LogP contribution in [-0.2, 0) is 4.79 Å². The van der Waals surface area contributed by atoms with Crippen molar-refractivity contribution in [1.29, 1.82) is 5.26 Å². The molecule has 2 rings (SSSR count). The van der Waals surface area contributed by atoms with Gasteiger partial charge in [0.05, 0.1) is 6.61 Å². The van der Waals surface area contributed by atoms with Crippen molar-refractivity contribution in [2.75, 3.05) is 11.9 Å². The maximum Gasteiger partial charge on any atom is 0.266 e. The van der Waals surface area contributed by atoms with E-state index in [2.05, 4.69) is 12.2 Å². The number of nitrogens with zero attached hydrogens (tertiary/aromatic N) is 1. The normalized spacial score (nSPS) is 11.1. The summed E-state index contributed by atoms with van der Waals surface area (Å²) in [5.41, 5.74) is 3.66. The maximum absolute atomic E-state index is 12.5. The molecule has 0 aliphatic heterocycles. The number of benzene rings is 2. The molecule has 4 nitrogen and oxygen atoms in total. The van der Waals surface area contributed by atoms with Gasteiger partial charge in [-0.15, -0.1) is 0 Å². The number of anilines is 1. The first-order chi connectivity index (χ1) is 14.5. The molecule has 158 valence electrons. The average molecular weight is 405 g/mol. The molecule has 0 heterocycles. The molecule has 0 fully saturated rings. The number of amides is 1. The Morgan fingerprint density at radius 2 is 1.73 bits per heavy atom. The van der Waals surface area contributed by atoms with Crippen LogP contribution in [-0.4, -0.2) is 12.5 Å². The number of hydrogen-bond donors (Lipinski definition) is 1. The number of carbonyl (C=O) groups is 1. The van der Waals surface area contributed by atoms with Gasteiger partial charge in [0.15, 0.2) is 0 Å². The molecule has 0 spiro atoms. The first kappa shape index (κ1) is 23.2. The van der Waals surface area contributed by atoms with Crippen LogP contribution >= 0.6 is 0 Å². The predicted molar refractivity (Wildman–Crippen MR) is 123 cm³/mol. The molecule has 0 unspecified atom stereocenters. The zero-order valence-electron chi connectivity index (χ0n) is 18.3. The smallest absolute Gasteiger partial charge is 0.266 e. The number of nitrogens with one attached hydrogen (secondary N) is 1. The molecule has 0 aliphatic carbocycles. The third-order valence-electron chi connectivity index (χ3n) is 5.18. The summed E-state index contributed by atoms with van der Waals surface area (Å²) in [6, 6.07) is 15.2. The largest absolute Gasteiger partial charge is 0.494 e. The molecule has 2 aromatic rings. The molecule has 0 saturated carbocycles. The fraction of sp³-hybridized carbons (Fsp3) is 0.385. The molecular formula is C26H32N2O2. The number of ether oxygens (including phenoxy) is 1. The summed E-state index contributed by atoms with van der Waals surface area (Å²) in [4.78, 5) is 12.5. The zero-order valence-corrected chi connectivity index (χ0v) is 18.3. The first-order valence-corrected chi connectivity index (χ1v) is 10.8. The highest BCUT2D eigenvalue weighted by Gasteiger charge is 2.11. The molecule has 1 amide bonds. The van der Waals surface area contributed by atoms with Gasteiger partial charge in [-0.1, -0.05) is 63.3 Å². The molecule has 1 N–H and O–H groups in total. The van der Waals surface area contributed by atoms with Crippen molar-refractivity contribution in [2.45, 2.75) is 59.3 Å². The van der Waals surface area contributed by atoms with E-state index in [0.717, 1.165) is 34.5 Å². The van der Waals surface area contributed by atoms with Crippen LogP contribution in [0, 0.1) is 25.2 Å².